The Morgan fingerprint density at radius 2 is 2.31 bits per heavy atom. The molecule has 0 saturated heterocycles. The number of H-pyrrole nitrogens is 1. The van der Waals surface area contributed by atoms with Crippen LogP contribution < -0.4 is 0 Å². The highest BCUT2D eigenvalue weighted by Crippen LogP contribution is 2.34. The van der Waals surface area contributed by atoms with Crippen molar-refractivity contribution in [1.82, 2.24) is 20.2 Å². The first-order valence-electron chi connectivity index (χ1n) is 4.41. The molecule has 0 saturated carbocycles. The molecule has 0 unspecified atom stereocenters. The number of rotatable bonds is 2. The topological polar surface area (TPSA) is 54.5 Å². The van der Waals surface area contributed by atoms with Gasteiger partial charge in [-0.1, -0.05) is 17.8 Å². The van der Waals surface area contributed by atoms with Crippen LogP contribution in [0.15, 0.2) is 32.9 Å². The van der Waals surface area contributed by atoms with Gasteiger partial charge in [-0.3, -0.25) is 5.10 Å². The summed E-state index contributed by atoms with van der Waals surface area (Å²) in [5.74, 6) is 0. The molecule has 0 amide bonds. The second-order valence-electron chi connectivity index (χ2n) is 2.96. The number of fused-ring (bicyclic) bond motifs is 1. The van der Waals surface area contributed by atoms with E-state index in [0.717, 1.165) is 14.6 Å². The van der Waals surface area contributed by atoms with Gasteiger partial charge in [-0.15, -0.1) is 11.3 Å². The number of nitrogens with zero attached hydrogens (tertiary/aromatic N) is 3. The number of halogens is 1. The van der Waals surface area contributed by atoms with Crippen molar-refractivity contribution in [3.63, 3.8) is 0 Å². The highest BCUT2D eigenvalue weighted by atomic mass is 35.5. The van der Waals surface area contributed by atoms with Crippen molar-refractivity contribution in [1.29, 1.82) is 0 Å². The Morgan fingerprint density at radius 3 is 3.12 bits per heavy atom. The molecule has 16 heavy (non-hydrogen) atoms. The smallest absolute Gasteiger partial charge is 0.225 e. The van der Waals surface area contributed by atoms with Crippen LogP contribution in [-0.2, 0) is 0 Å². The maximum atomic E-state index is 5.84. The summed E-state index contributed by atoms with van der Waals surface area (Å²) in [6, 6.07) is 4.04. The lowest BCUT2D eigenvalue weighted by molar-refractivity contribution is 1.07. The molecule has 3 heterocycles. The summed E-state index contributed by atoms with van der Waals surface area (Å²) in [7, 11) is 0. The molecule has 3 rings (SSSR count). The minimum absolute atomic E-state index is 0.232. The minimum atomic E-state index is 0.232. The average Bonchev–Trinajstić information content (AvgIpc) is 2.87. The normalized spacial score (nSPS) is 11.1. The van der Waals surface area contributed by atoms with Crippen molar-refractivity contribution in [2.24, 2.45) is 0 Å². The van der Waals surface area contributed by atoms with Crippen LogP contribution in [0.1, 0.15) is 0 Å². The largest absolute Gasteiger partial charge is 0.261 e. The van der Waals surface area contributed by atoms with E-state index in [-0.39, 0.29) is 5.28 Å². The van der Waals surface area contributed by atoms with E-state index in [9.17, 15) is 0 Å². The fourth-order valence-corrected chi connectivity index (χ4v) is 3.27. The number of nitrogens with one attached hydrogen (secondary N) is 1. The van der Waals surface area contributed by atoms with Gasteiger partial charge in [-0.05, 0) is 23.0 Å². The molecule has 0 aliphatic rings. The Bertz CT molecular complexity index is 620. The van der Waals surface area contributed by atoms with Crippen LogP contribution in [0.25, 0.3) is 11.0 Å². The van der Waals surface area contributed by atoms with E-state index in [0.29, 0.717) is 5.65 Å². The molecule has 4 nitrogen and oxygen atoms in total. The van der Waals surface area contributed by atoms with Gasteiger partial charge in [0.2, 0.25) is 5.28 Å². The predicted molar refractivity (Wildman–Crippen MR) is 65.1 cm³/mol. The van der Waals surface area contributed by atoms with Gasteiger partial charge in [-0.2, -0.15) is 10.1 Å². The Balaban J connectivity index is 2.11. The van der Waals surface area contributed by atoms with Gasteiger partial charge in [0.05, 0.1) is 15.8 Å². The minimum Gasteiger partial charge on any atom is -0.261 e. The van der Waals surface area contributed by atoms with E-state index in [2.05, 4.69) is 20.2 Å². The first kappa shape index (κ1) is 10.1. The third-order valence-electron chi connectivity index (χ3n) is 1.94. The van der Waals surface area contributed by atoms with Crippen LogP contribution in [0.5, 0.6) is 0 Å². The Kier molecular flexibility index (Phi) is 2.55. The van der Waals surface area contributed by atoms with Gasteiger partial charge in [-0.25, -0.2) is 4.98 Å². The zero-order valence-corrected chi connectivity index (χ0v) is 10.2. The second-order valence-corrected chi connectivity index (χ2v) is 5.54. The highest BCUT2D eigenvalue weighted by Gasteiger charge is 2.10. The lowest BCUT2D eigenvalue weighted by Gasteiger charge is -1.99. The summed E-state index contributed by atoms with van der Waals surface area (Å²) in [6.07, 6.45) is 1.71. The molecule has 0 radical (unpaired) electrons. The number of aromatic amines is 1. The third-order valence-corrected chi connectivity index (χ3v) is 4.15. The molecular formula is C9H5ClN4S2. The Labute approximate surface area is 104 Å². The molecule has 3 aromatic heterocycles. The van der Waals surface area contributed by atoms with E-state index >= 15 is 0 Å². The standard InChI is InChI=1S/C9H5ClN4S2/c10-9-12-7-5(4-11-14-7)8(13-9)16-6-2-1-3-15-6/h1-4H,(H,11,12,13,14). The van der Waals surface area contributed by atoms with Crippen LogP contribution in [0.4, 0.5) is 0 Å². The molecule has 0 atom stereocenters. The molecule has 0 fully saturated rings. The van der Waals surface area contributed by atoms with Gasteiger partial charge in [0, 0.05) is 0 Å². The summed E-state index contributed by atoms with van der Waals surface area (Å²) in [5, 5.41) is 10.7. The van der Waals surface area contributed by atoms with E-state index in [4.69, 9.17) is 11.6 Å². The molecule has 3 aromatic rings. The maximum absolute atomic E-state index is 5.84. The highest BCUT2D eigenvalue weighted by molar-refractivity contribution is 8.01. The van der Waals surface area contributed by atoms with Crippen molar-refractivity contribution >= 4 is 45.7 Å². The first-order valence-corrected chi connectivity index (χ1v) is 6.48. The Hall–Kier alpha value is -1.11. The van der Waals surface area contributed by atoms with Crippen molar-refractivity contribution < 1.29 is 0 Å². The molecule has 0 spiro atoms. The molecule has 0 aromatic carbocycles. The fraction of sp³-hybridized carbons (Fsp3) is 0. The van der Waals surface area contributed by atoms with Crippen molar-refractivity contribution in [3.05, 3.63) is 29.0 Å². The average molecular weight is 269 g/mol. The molecule has 0 bridgehead atoms. The number of thiophene rings is 1. The van der Waals surface area contributed by atoms with E-state index < -0.39 is 0 Å². The SMILES string of the molecule is Clc1nc(Sc2cccs2)c2cn[nH]c2n1. The Morgan fingerprint density at radius 1 is 1.38 bits per heavy atom. The first-order chi connectivity index (χ1) is 7.83. The number of aromatic nitrogens is 4. The molecule has 1 N–H and O–H groups in total. The number of hydrogen-bond donors (Lipinski definition) is 1. The summed E-state index contributed by atoms with van der Waals surface area (Å²) >= 11 is 9.07. The zero-order valence-electron chi connectivity index (χ0n) is 7.85. The van der Waals surface area contributed by atoms with Crippen LogP contribution in [0.3, 0.4) is 0 Å². The van der Waals surface area contributed by atoms with Gasteiger partial charge in [0.1, 0.15) is 5.03 Å². The van der Waals surface area contributed by atoms with Gasteiger partial charge < -0.3 is 0 Å². The summed E-state index contributed by atoms with van der Waals surface area (Å²) in [4.78, 5) is 8.26. The molecule has 0 aliphatic heterocycles. The zero-order chi connectivity index (χ0) is 11.0. The monoisotopic (exact) mass is 268 g/mol. The van der Waals surface area contributed by atoms with Crippen LogP contribution in [-0.4, -0.2) is 20.2 Å². The third kappa shape index (κ3) is 1.79. The molecular weight excluding hydrogens is 264 g/mol. The van der Waals surface area contributed by atoms with Crippen molar-refractivity contribution in [2.45, 2.75) is 9.24 Å². The van der Waals surface area contributed by atoms with E-state index in [1.807, 2.05) is 17.5 Å². The van der Waals surface area contributed by atoms with Gasteiger partial charge in [0.15, 0.2) is 5.65 Å². The second kappa shape index (κ2) is 4.04. The summed E-state index contributed by atoms with van der Waals surface area (Å²) in [6.45, 7) is 0. The van der Waals surface area contributed by atoms with Crippen LogP contribution in [0.2, 0.25) is 5.28 Å². The number of hydrogen-bond acceptors (Lipinski definition) is 5. The van der Waals surface area contributed by atoms with Crippen LogP contribution >= 0.6 is 34.7 Å². The lowest BCUT2D eigenvalue weighted by Crippen LogP contribution is -1.87. The van der Waals surface area contributed by atoms with Crippen molar-refractivity contribution in [2.75, 3.05) is 0 Å². The predicted octanol–water partition coefficient (Wildman–Crippen LogP) is 3.22. The quantitative estimate of drug-likeness (QED) is 0.573. The van der Waals surface area contributed by atoms with Gasteiger partial charge in [0.25, 0.3) is 0 Å². The summed E-state index contributed by atoms with van der Waals surface area (Å²) < 4.78 is 1.16. The summed E-state index contributed by atoms with van der Waals surface area (Å²) in [5.41, 5.74) is 0.666. The van der Waals surface area contributed by atoms with E-state index in [1.165, 1.54) is 0 Å². The maximum Gasteiger partial charge on any atom is 0.225 e. The molecule has 7 heteroatoms. The lowest BCUT2D eigenvalue weighted by atomic mass is 10.4. The molecule has 0 aliphatic carbocycles. The molecule has 80 valence electrons. The fourth-order valence-electron chi connectivity index (χ4n) is 1.28. The van der Waals surface area contributed by atoms with Crippen molar-refractivity contribution in [3.8, 4) is 0 Å². The van der Waals surface area contributed by atoms with Crippen LogP contribution in [0, 0.1) is 0 Å². The van der Waals surface area contributed by atoms with E-state index in [1.54, 1.807) is 29.3 Å². The van der Waals surface area contributed by atoms with Gasteiger partial charge >= 0.3 is 0 Å².